The summed E-state index contributed by atoms with van der Waals surface area (Å²) in [5, 5.41) is 7.32. The van der Waals surface area contributed by atoms with Crippen molar-refractivity contribution in [1.82, 2.24) is 0 Å². The van der Waals surface area contributed by atoms with Gasteiger partial charge in [0, 0.05) is 26.9 Å². The van der Waals surface area contributed by atoms with Crippen molar-refractivity contribution in [3.63, 3.8) is 0 Å². The minimum Gasteiger partial charge on any atom is -0.385 e. The summed E-state index contributed by atoms with van der Waals surface area (Å²) in [6.45, 7) is 7.09. The van der Waals surface area contributed by atoms with Crippen LogP contribution in [0.1, 0.15) is 28.7 Å². The first-order valence-electron chi connectivity index (χ1n) is 11.4. The van der Waals surface area contributed by atoms with Gasteiger partial charge < -0.3 is 20.1 Å². The van der Waals surface area contributed by atoms with Crippen LogP contribution in [0.2, 0.25) is 0 Å². The molecule has 4 nitrogen and oxygen atoms in total. The maximum Gasteiger partial charge on any atom is 0.0671 e. The number of hydrogen-bond donors (Lipinski definition) is 2. The molecule has 0 aliphatic carbocycles. The number of anilines is 2. The van der Waals surface area contributed by atoms with E-state index >= 15 is 0 Å². The number of para-hydroxylation sites is 2. The van der Waals surface area contributed by atoms with Crippen LogP contribution in [0.3, 0.4) is 0 Å². The lowest BCUT2D eigenvalue weighted by atomic mass is 10.0. The molecule has 0 radical (unpaired) electrons. The summed E-state index contributed by atoms with van der Waals surface area (Å²) in [6, 6.07) is 26.0. The zero-order chi connectivity index (χ0) is 22.6. The first kappa shape index (κ1) is 23.8. The van der Waals surface area contributed by atoms with Gasteiger partial charge in [0.1, 0.15) is 0 Å². The van der Waals surface area contributed by atoms with E-state index in [0.717, 1.165) is 37.4 Å². The summed E-state index contributed by atoms with van der Waals surface area (Å²) in [4.78, 5) is 0. The SMILES string of the molecule is COCCCOCC(Cc1ccc(C)cc1)Nc1ccccc1NCc1ccc(C)cc1. The molecule has 0 aromatic heterocycles. The predicted octanol–water partition coefficient (Wildman–Crippen LogP) is 5.99. The van der Waals surface area contributed by atoms with Crippen molar-refractivity contribution >= 4 is 11.4 Å². The smallest absolute Gasteiger partial charge is 0.0671 e. The zero-order valence-electron chi connectivity index (χ0n) is 19.6. The Labute approximate surface area is 193 Å². The Morgan fingerprint density at radius 2 is 1.38 bits per heavy atom. The topological polar surface area (TPSA) is 42.5 Å². The van der Waals surface area contributed by atoms with E-state index in [1.807, 2.05) is 0 Å². The molecule has 0 aliphatic heterocycles. The fourth-order valence-electron chi connectivity index (χ4n) is 3.58. The van der Waals surface area contributed by atoms with E-state index in [1.165, 1.54) is 22.3 Å². The molecule has 0 amide bonds. The van der Waals surface area contributed by atoms with Crippen LogP contribution < -0.4 is 10.6 Å². The molecule has 170 valence electrons. The third kappa shape index (κ3) is 8.03. The number of aryl methyl sites for hydroxylation is 2. The molecule has 0 bridgehead atoms. The van der Waals surface area contributed by atoms with E-state index in [9.17, 15) is 0 Å². The molecule has 1 atom stereocenters. The Morgan fingerprint density at radius 1 is 0.750 bits per heavy atom. The third-order valence-corrected chi connectivity index (χ3v) is 5.45. The van der Waals surface area contributed by atoms with Crippen molar-refractivity contribution < 1.29 is 9.47 Å². The number of benzene rings is 3. The minimum atomic E-state index is 0.169. The maximum absolute atomic E-state index is 5.98. The second-order valence-electron chi connectivity index (χ2n) is 8.34. The lowest BCUT2D eigenvalue weighted by molar-refractivity contribution is 0.0968. The summed E-state index contributed by atoms with van der Waals surface area (Å²) in [5.74, 6) is 0. The summed E-state index contributed by atoms with van der Waals surface area (Å²) in [6.07, 6.45) is 1.80. The van der Waals surface area contributed by atoms with Gasteiger partial charge >= 0.3 is 0 Å². The summed E-state index contributed by atoms with van der Waals surface area (Å²) >= 11 is 0. The van der Waals surface area contributed by atoms with Crippen molar-refractivity contribution in [2.45, 2.75) is 39.3 Å². The Morgan fingerprint density at radius 3 is 2.03 bits per heavy atom. The van der Waals surface area contributed by atoms with Crippen molar-refractivity contribution in [3.8, 4) is 0 Å². The second kappa shape index (κ2) is 12.9. The number of methoxy groups -OCH3 is 1. The molecule has 3 aromatic carbocycles. The van der Waals surface area contributed by atoms with Crippen LogP contribution in [0.15, 0.2) is 72.8 Å². The van der Waals surface area contributed by atoms with Gasteiger partial charge in [-0.2, -0.15) is 0 Å². The van der Waals surface area contributed by atoms with Crippen LogP contribution in [0.25, 0.3) is 0 Å². The Bertz CT molecular complexity index is 923. The average molecular weight is 433 g/mol. The van der Waals surface area contributed by atoms with Crippen molar-refractivity contribution in [2.75, 3.05) is 37.6 Å². The molecule has 1 unspecified atom stereocenters. The highest BCUT2D eigenvalue weighted by Crippen LogP contribution is 2.24. The molecule has 0 spiro atoms. The summed E-state index contributed by atoms with van der Waals surface area (Å²) in [5.41, 5.74) is 7.32. The van der Waals surface area contributed by atoms with Gasteiger partial charge in [-0.1, -0.05) is 71.8 Å². The fraction of sp³-hybridized carbons (Fsp3) is 0.357. The normalized spacial score (nSPS) is 11.8. The number of hydrogen-bond acceptors (Lipinski definition) is 4. The van der Waals surface area contributed by atoms with E-state index < -0.39 is 0 Å². The van der Waals surface area contributed by atoms with Gasteiger partial charge in [0.2, 0.25) is 0 Å². The van der Waals surface area contributed by atoms with Gasteiger partial charge in [-0.3, -0.25) is 0 Å². The predicted molar refractivity (Wildman–Crippen MR) is 135 cm³/mol. The molecular weight excluding hydrogens is 396 g/mol. The largest absolute Gasteiger partial charge is 0.385 e. The Balaban J connectivity index is 1.66. The van der Waals surface area contributed by atoms with Crippen LogP contribution in [-0.2, 0) is 22.4 Å². The highest BCUT2D eigenvalue weighted by Gasteiger charge is 2.13. The van der Waals surface area contributed by atoms with Crippen molar-refractivity contribution in [2.24, 2.45) is 0 Å². The lowest BCUT2D eigenvalue weighted by Crippen LogP contribution is -2.29. The molecule has 0 heterocycles. The quantitative estimate of drug-likeness (QED) is 0.326. The number of nitrogens with one attached hydrogen (secondary N) is 2. The standard InChI is InChI=1S/C28H36N2O2/c1-22-9-13-24(14-10-22)19-26(21-32-18-6-17-31-3)30-28-8-5-4-7-27(28)29-20-25-15-11-23(2)12-16-25/h4-5,7-16,26,29-30H,6,17-21H2,1-3H3. The molecule has 0 saturated carbocycles. The highest BCUT2D eigenvalue weighted by molar-refractivity contribution is 5.69. The van der Waals surface area contributed by atoms with Crippen LogP contribution in [0.5, 0.6) is 0 Å². The summed E-state index contributed by atoms with van der Waals surface area (Å²) in [7, 11) is 1.72. The molecule has 4 heteroatoms. The monoisotopic (exact) mass is 432 g/mol. The van der Waals surface area contributed by atoms with Gasteiger partial charge in [-0.25, -0.2) is 0 Å². The average Bonchev–Trinajstić information content (AvgIpc) is 2.81. The van der Waals surface area contributed by atoms with E-state index in [4.69, 9.17) is 9.47 Å². The number of rotatable bonds is 13. The maximum atomic E-state index is 5.98. The minimum absolute atomic E-state index is 0.169. The molecule has 2 N–H and O–H groups in total. The van der Waals surface area contributed by atoms with Gasteiger partial charge in [-0.05, 0) is 49.9 Å². The van der Waals surface area contributed by atoms with Crippen molar-refractivity contribution in [1.29, 1.82) is 0 Å². The highest BCUT2D eigenvalue weighted by atomic mass is 16.5. The Kier molecular flexibility index (Phi) is 9.60. The van der Waals surface area contributed by atoms with Gasteiger partial charge in [0.05, 0.1) is 24.0 Å². The van der Waals surface area contributed by atoms with E-state index in [-0.39, 0.29) is 6.04 Å². The second-order valence-corrected chi connectivity index (χ2v) is 8.34. The molecular formula is C28H36N2O2. The molecule has 3 aromatic rings. The lowest BCUT2D eigenvalue weighted by Gasteiger charge is -2.23. The zero-order valence-corrected chi connectivity index (χ0v) is 19.6. The van der Waals surface area contributed by atoms with E-state index in [1.54, 1.807) is 7.11 Å². The van der Waals surface area contributed by atoms with Crippen LogP contribution >= 0.6 is 0 Å². The van der Waals surface area contributed by atoms with Gasteiger partial charge in [0.15, 0.2) is 0 Å². The fourth-order valence-corrected chi connectivity index (χ4v) is 3.58. The van der Waals surface area contributed by atoms with Crippen LogP contribution in [0, 0.1) is 13.8 Å². The van der Waals surface area contributed by atoms with E-state index in [0.29, 0.717) is 13.2 Å². The summed E-state index contributed by atoms with van der Waals surface area (Å²) < 4.78 is 11.1. The Hall–Kier alpha value is -2.82. The third-order valence-electron chi connectivity index (χ3n) is 5.45. The van der Waals surface area contributed by atoms with E-state index in [2.05, 4.69) is 97.3 Å². The van der Waals surface area contributed by atoms with Crippen molar-refractivity contribution in [3.05, 3.63) is 95.1 Å². The van der Waals surface area contributed by atoms with Gasteiger partial charge in [-0.15, -0.1) is 0 Å². The molecule has 0 aliphatic rings. The first-order chi connectivity index (χ1) is 15.6. The molecule has 3 rings (SSSR count). The molecule has 0 saturated heterocycles. The first-order valence-corrected chi connectivity index (χ1v) is 11.4. The molecule has 0 fully saturated rings. The number of ether oxygens (including phenoxy) is 2. The van der Waals surface area contributed by atoms with Gasteiger partial charge in [0.25, 0.3) is 0 Å². The van der Waals surface area contributed by atoms with Crippen LogP contribution in [0.4, 0.5) is 11.4 Å². The van der Waals surface area contributed by atoms with Crippen LogP contribution in [-0.4, -0.2) is 33.0 Å². The molecule has 32 heavy (non-hydrogen) atoms.